The van der Waals surface area contributed by atoms with Gasteiger partial charge in [-0.2, -0.15) is 0 Å². The van der Waals surface area contributed by atoms with Gasteiger partial charge in [-0.1, -0.05) is 6.42 Å². The summed E-state index contributed by atoms with van der Waals surface area (Å²) >= 11 is 2.24. The standard InChI is InChI=1S/C15H21IN2O/c1-12-4-2-3-10-18(12)11-9-17-15(19)13-5-7-14(16)8-6-13/h5-8,12H,2-4,9-11H2,1H3,(H,17,19)/t12-/m0/s1. The molecule has 3 nitrogen and oxygen atoms in total. The largest absolute Gasteiger partial charge is 0.351 e. The SMILES string of the molecule is C[C@H]1CCCCN1CCNC(=O)c1ccc(I)cc1. The molecule has 0 bridgehead atoms. The lowest BCUT2D eigenvalue weighted by Gasteiger charge is -2.33. The summed E-state index contributed by atoms with van der Waals surface area (Å²) in [5, 5.41) is 3.00. The summed E-state index contributed by atoms with van der Waals surface area (Å²) in [6.45, 7) is 5.13. The minimum absolute atomic E-state index is 0.0288. The molecule has 1 fully saturated rings. The summed E-state index contributed by atoms with van der Waals surface area (Å²) in [6, 6.07) is 8.33. The van der Waals surface area contributed by atoms with Crippen molar-refractivity contribution in [2.24, 2.45) is 0 Å². The highest BCUT2D eigenvalue weighted by molar-refractivity contribution is 14.1. The zero-order chi connectivity index (χ0) is 13.7. The Bertz CT molecular complexity index is 419. The molecule has 4 heteroatoms. The summed E-state index contributed by atoms with van der Waals surface area (Å²) in [7, 11) is 0. The fourth-order valence-electron chi connectivity index (χ4n) is 2.51. The Morgan fingerprint density at radius 2 is 2.11 bits per heavy atom. The van der Waals surface area contributed by atoms with E-state index in [2.05, 4.69) is 39.7 Å². The Hall–Kier alpha value is -0.620. The van der Waals surface area contributed by atoms with Gasteiger partial charge >= 0.3 is 0 Å². The first kappa shape index (κ1) is 14.8. The Kier molecular flexibility index (Phi) is 5.63. The van der Waals surface area contributed by atoms with E-state index in [1.54, 1.807) is 0 Å². The summed E-state index contributed by atoms with van der Waals surface area (Å²) in [6.07, 6.45) is 3.91. The van der Waals surface area contributed by atoms with Crippen molar-refractivity contribution < 1.29 is 4.79 Å². The monoisotopic (exact) mass is 372 g/mol. The van der Waals surface area contributed by atoms with E-state index in [1.807, 2.05) is 24.3 Å². The molecule has 1 amide bonds. The molecule has 1 heterocycles. The first-order chi connectivity index (χ1) is 9.16. The molecule has 0 unspecified atom stereocenters. The van der Waals surface area contributed by atoms with Crippen LogP contribution >= 0.6 is 22.6 Å². The van der Waals surface area contributed by atoms with Gasteiger partial charge in [-0.3, -0.25) is 9.69 Å². The number of piperidine rings is 1. The van der Waals surface area contributed by atoms with E-state index in [9.17, 15) is 4.79 Å². The molecule has 0 spiro atoms. The van der Waals surface area contributed by atoms with E-state index in [-0.39, 0.29) is 5.91 Å². The molecule has 1 aliphatic heterocycles. The molecule has 2 rings (SSSR count). The molecule has 1 N–H and O–H groups in total. The Morgan fingerprint density at radius 3 is 2.79 bits per heavy atom. The first-order valence-corrected chi connectivity index (χ1v) is 8.02. The molecule has 1 aromatic carbocycles. The van der Waals surface area contributed by atoms with Crippen molar-refractivity contribution >= 4 is 28.5 Å². The van der Waals surface area contributed by atoms with Crippen LogP contribution < -0.4 is 5.32 Å². The van der Waals surface area contributed by atoms with E-state index in [0.29, 0.717) is 6.04 Å². The third-order valence-electron chi connectivity index (χ3n) is 3.73. The molecule has 104 valence electrons. The van der Waals surface area contributed by atoms with Gasteiger partial charge in [-0.15, -0.1) is 0 Å². The first-order valence-electron chi connectivity index (χ1n) is 6.94. The van der Waals surface area contributed by atoms with Crippen LogP contribution in [-0.2, 0) is 0 Å². The van der Waals surface area contributed by atoms with Crippen LogP contribution in [0.25, 0.3) is 0 Å². The molecule has 1 saturated heterocycles. The van der Waals surface area contributed by atoms with Crippen LogP contribution in [0, 0.1) is 3.57 Å². The Morgan fingerprint density at radius 1 is 1.37 bits per heavy atom. The van der Waals surface area contributed by atoms with Crippen molar-refractivity contribution in [3.63, 3.8) is 0 Å². The summed E-state index contributed by atoms with van der Waals surface area (Å²) in [4.78, 5) is 14.4. The number of hydrogen-bond acceptors (Lipinski definition) is 2. The van der Waals surface area contributed by atoms with E-state index in [4.69, 9.17) is 0 Å². The third-order valence-corrected chi connectivity index (χ3v) is 4.45. The summed E-state index contributed by atoms with van der Waals surface area (Å²) in [5.74, 6) is 0.0288. The maximum absolute atomic E-state index is 11.9. The van der Waals surface area contributed by atoms with Gasteiger partial charge in [0.05, 0.1) is 0 Å². The third kappa shape index (κ3) is 4.45. The van der Waals surface area contributed by atoms with E-state index in [0.717, 1.165) is 22.2 Å². The van der Waals surface area contributed by atoms with Gasteiger partial charge in [0.25, 0.3) is 5.91 Å². The number of nitrogens with one attached hydrogen (secondary N) is 1. The lowest BCUT2D eigenvalue weighted by atomic mass is 10.0. The normalized spacial score (nSPS) is 20.2. The number of halogens is 1. The van der Waals surface area contributed by atoms with Crippen LogP contribution in [-0.4, -0.2) is 36.5 Å². The number of carbonyl (C=O) groups excluding carboxylic acids is 1. The van der Waals surface area contributed by atoms with Gasteiger partial charge in [-0.05, 0) is 73.2 Å². The van der Waals surface area contributed by atoms with Crippen molar-refractivity contribution in [1.82, 2.24) is 10.2 Å². The van der Waals surface area contributed by atoms with E-state index >= 15 is 0 Å². The lowest BCUT2D eigenvalue weighted by Crippen LogP contribution is -2.42. The molecule has 1 atom stereocenters. The van der Waals surface area contributed by atoms with Crippen LogP contribution in [0.3, 0.4) is 0 Å². The van der Waals surface area contributed by atoms with E-state index in [1.165, 1.54) is 25.8 Å². The zero-order valence-corrected chi connectivity index (χ0v) is 13.5. The molecule has 0 radical (unpaired) electrons. The molecular weight excluding hydrogens is 351 g/mol. The van der Waals surface area contributed by atoms with Gasteiger partial charge in [0.15, 0.2) is 0 Å². The number of nitrogens with zero attached hydrogens (tertiary/aromatic N) is 1. The average molecular weight is 372 g/mol. The predicted octanol–water partition coefficient (Wildman–Crippen LogP) is 2.90. The number of amides is 1. The zero-order valence-electron chi connectivity index (χ0n) is 11.4. The van der Waals surface area contributed by atoms with Crippen LogP contribution in [0.15, 0.2) is 24.3 Å². The average Bonchev–Trinajstić information content (AvgIpc) is 2.41. The quantitative estimate of drug-likeness (QED) is 0.825. The summed E-state index contributed by atoms with van der Waals surface area (Å²) < 4.78 is 1.15. The molecule has 19 heavy (non-hydrogen) atoms. The molecule has 0 saturated carbocycles. The molecule has 0 aromatic heterocycles. The second-order valence-corrected chi connectivity index (χ2v) is 6.39. The number of rotatable bonds is 4. The number of hydrogen-bond donors (Lipinski definition) is 1. The van der Waals surface area contributed by atoms with Crippen molar-refractivity contribution in [2.45, 2.75) is 32.2 Å². The highest BCUT2D eigenvalue weighted by Crippen LogP contribution is 2.15. The Balaban J connectivity index is 1.76. The van der Waals surface area contributed by atoms with E-state index < -0.39 is 0 Å². The van der Waals surface area contributed by atoms with Gasteiger partial charge in [0, 0.05) is 28.3 Å². The van der Waals surface area contributed by atoms with Crippen molar-refractivity contribution in [3.8, 4) is 0 Å². The van der Waals surface area contributed by atoms with Crippen molar-refractivity contribution in [2.75, 3.05) is 19.6 Å². The number of likely N-dealkylation sites (tertiary alicyclic amines) is 1. The van der Waals surface area contributed by atoms with Crippen LogP contribution in [0.2, 0.25) is 0 Å². The minimum Gasteiger partial charge on any atom is -0.351 e. The number of carbonyl (C=O) groups is 1. The molecule has 1 aliphatic rings. The molecular formula is C15H21IN2O. The van der Waals surface area contributed by atoms with Crippen LogP contribution in [0.5, 0.6) is 0 Å². The summed E-state index contributed by atoms with van der Waals surface area (Å²) in [5.41, 5.74) is 0.743. The lowest BCUT2D eigenvalue weighted by molar-refractivity contribution is 0.0938. The van der Waals surface area contributed by atoms with Crippen LogP contribution in [0.1, 0.15) is 36.5 Å². The predicted molar refractivity (Wildman–Crippen MR) is 86.4 cm³/mol. The second-order valence-electron chi connectivity index (χ2n) is 5.14. The maximum atomic E-state index is 11.9. The maximum Gasteiger partial charge on any atom is 0.251 e. The van der Waals surface area contributed by atoms with Gasteiger partial charge in [0.1, 0.15) is 0 Å². The van der Waals surface area contributed by atoms with Gasteiger partial charge < -0.3 is 5.32 Å². The topological polar surface area (TPSA) is 32.3 Å². The molecule has 0 aliphatic carbocycles. The number of benzene rings is 1. The minimum atomic E-state index is 0.0288. The van der Waals surface area contributed by atoms with Gasteiger partial charge in [0.2, 0.25) is 0 Å². The highest BCUT2D eigenvalue weighted by atomic mass is 127. The van der Waals surface area contributed by atoms with Crippen molar-refractivity contribution in [3.05, 3.63) is 33.4 Å². The fourth-order valence-corrected chi connectivity index (χ4v) is 2.87. The second kappa shape index (κ2) is 7.24. The smallest absolute Gasteiger partial charge is 0.251 e. The van der Waals surface area contributed by atoms with Gasteiger partial charge in [-0.25, -0.2) is 0 Å². The van der Waals surface area contributed by atoms with Crippen LogP contribution in [0.4, 0.5) is 0 Å². The molecule has 1 aromatic rings. The highest BCUT2D eigenvalue weighted by Gasteiger charge is 2.17. The van der Waals surface area contributed by atoms with Crippen molar-refractivity contribution in [1.29, 1.82) is 0 Å². The fraction of sp³-hybridized carbons (Fsp3) is 0.533. The Labute approximate surface area is 128 Å².